The van der Waals surface area contributed by atoms with Crippen molar-refractivity contribution in [1.82, 2.24) is 4.90 Å². The molecule has 0 N–H and O–H groups in total. The van der Waals surface area contributed by atoms with Gasteiger partial charge in [-0.25, -0.2) is 0 Å². The molecule has 0 unspecified atom stereocenters. The Balaban J connectivity index is 2.61. The van der Waals surface area contributed by atoms with Gasteiger partial charge in [-0.2, -0.15) is 0 Å². The van der Waals surface area contributed by atoms with Gasteiger partial charge in [-0.15, -0.1) is 0 Å². The molecule has 1 aromatic carbocycles. The number of nitrogens with zero attached hydrogens (tertiary/aromatic N) is 1. The Hall–Kier alpha value is -0.820. The van der Waals surface area contributed by atoms with Crippen molar-refractivity contribution in [3.63, 3.8) is 0 Å². The molecule has 0 spiro atoms. The highest BCUT2D eigenvalue weighted by atomic mass is 15.1. The summed E-state index contributed by atoms with van der Waals surface area (Å²) >= 11 is 0. The molecule has 0 aromatic heterocycles. The van der Waals surface area contributed by atoms with Crippen LogP contribution in [0.3, 0.4) is 0 Å². The normalized spacial score (nSPS) is 13.6. The molecule has 0 saturated carbocycles. The van der Waals surface area contributed by atoms with Crippen LogP contribution in [0.5, 0.6) is 0 Å². The molecule has 1 nitrogen and oxygen atoms in total. The minimum atomic E-state index is 0.609. The first-order chi connectivity index (χ1) is 8.00. The first kappa shape index (κ1) is 14.2. The van der Waals surface area contributed by atoms with E-state index < -0.39 is 0 Å². The lowest BCUT2D eigenvalue weighted by Gasteiger charge is -2.31. The fourth-order valence-electron chi connectivity index (χ4n) is 2.20. The van der Waals surface area contributed by atoms with Gasteiger partial charge in [0.15, 0.2) is 0 Å². The summed E-state index contributed by atoms with van der Waals surface area (Å²) in [4.78, 5) is 2.59. The van der Waals surface area contributed by atoms with Gasteiger partial charge < -0.3 is 4.90 Å². The maximum atomic E-state index is 2.59. The summed E-state index contributed by atoms with van der Waals surface area (Å²) < 4.78 is 0. The lowest BCUT2D eigenvalue weighted by atomic mass is 9.99. The number of rotatable bonds is 6. The van der Waals surface area contributed by atoms with Crippen molar-refractivity contribution in [3.8, 4) is 0 Å². The molecule has 0 radical (unpaired) electrons. The van der Waals surface area contributed by atoms with Gasteiger partial charge in [0.1, 0.15) is 0 Å². The molecule has 1 rings (SSSR count). The van der Waals surface area contributed by atoms with Crippen LogP contribution in [0.2, 0.25) is 0 Å². The molecular formula is C16H27N. The van der Waals surface area contributed by atoms with E-state index in [1.165, 1.54) is 12.1 Å². The molecule has 0 bridgehead atoms. The Morgan fingerprint density at radius 3 is 1.94 bits per heavy atom. The van der Waals surface area contributed by atoms with E-state index in [0.29, 0.717) is 12.0 Å². The predicted octanol–water partition coefficient (Wildman–Crippen LogP) is 4.16. The van der Waals surface area contributed by atoms with Crippen LogP contribution in [0.4, 0.5) is 0 Å². The molecular weight excluding hydrogens is 206 g/mol. The lowest BCUT2D eigenvalue weighted by molar-refractivity contribution is 0.188. The maximum absolute atomic E-state index is 2.59. The number of benzene rings is 1. The summed E-state index contributed by atoms with van der Waals surface area (Å²) in [6.07, 6.45) is 0. The van der Waals surface area contributed by atoms with E-state index in [2.05, 4.69) is 69.9 Å². The van der Waals surface area contributed by atoms with Gasteiger partial charge in [0, 0.05) is 19.1 Å². The van der Waals surface area contributed by atoms with E-state index in [4.69, 9.17) is 0 Å². The molecule has 17 heavy (non-hydrogen) atoms. The predicted molar refractivity (Wildman–Crippen MR) is 76.4 cm³/mol. The van der Waals surface area contributed by atoms with Crippen LogP contribution in [0.15, 0.2) is 30.3 Å². The SMILES string of the molecule is CC(C)CN(C[C@@H](C)c1ccccc1)C(C)C. The summed E-state index contributed by atoms with van der Waals surface area (Å²) in [5, 5.41) is 0. The Bertz CT molecular complexity index is 303. The third-order valence-electron chi connectivity index (χ3n) is 3.21. The Kier molecular flexibility index (Phi) is 5.70. The topological polar surface area (TPSA) is 3.24 Å². The molecule has 0 aliphatic rings. The zero-order chi connectivity index (χ0) is 12.8. The summed E-state index contributed by atoms with van der Waals surface area (Å²) in [6.45, 7) is 13.8. The second-order valence-electron chi connectivity index (χ2n) is 5.75. The third-order valence-corrected chi connectivity index (χ3v) is 3.21. The molecule has 0 saturated heterocycles. The molecule has 0 heterocycles. The number of hydrogen-bond donors (Lipinski definition) is 0. The monoisotopic (exact) mass is 233 g/mol. The second-order valence-corrected chi connectivity index (χ2v) is 5.75. The molecule has 0 aliphatic heterocycles. The highest BCUT2D eigenvalue weighted by molar-refractivity contribution is 5.19. The fourth-order valence-corrected chi connectivity index (χ4v) is 2.20. The van der Waals surface area contributed by atoms with E-state index in [1.807, 2.05) is 0 Å². The highest BCUT2D eigenvalue weighted by Gasteiger charge is 2.15. The molecule has 0 aliphatic carbocycles. The second kappa shape index (κ2) is 6.80. The van der Waals surface area contributed by atoms with Crippen LogP contribution < -0.4 is 0 Å². The summed E-state index contributed by atoms with van der Waals surface area (Å²) in [7, 11) is 0. The highest BCUT2D eigenvalue weighted by Crippen LogP contribution is 2.18. The van der Waals surface area contributed by atoms with Crippen LogP contribution >= 0.6 is 0 Å². The van der Waals surface area contributed by atoms with Crippen molar-refractivity contribution in [2.75, 3.05) is 13.1 Å². The Morgan fingerprint density at radius 2 is 1.47 bits per heavy atom. The summed E-state index contributed by atoms with van der Waals surface area (Å²) in [5.41, 5.74) is 1.45. The third kappa shape index (κ3) is 4.91. The quantitative estimate of drug-likeness (QED) is 0.713. The van der Waals surface area contributed by atoms with E-state index in [9.17, 15) is 0 Å². The standard InChI is InChI=1S/C16H27N/c1-13(2)11-17(14(3)4)12-15(5)16-9-7-6-8-10-16/h6-10,13-15H,11-12H2,1-5H3/t15-/m1/s1. The molecule has 0 amide bonds. The van der Waals surface area contributed by atoms with Crippen LogP contribution in [0.25, 0.3) is 0 Å². The molecule has 1 atom stereocenters. The first-order valence-electron chi connectivity index (χ1n) is 6.79. The van der Waals surface area contributed by atoms with Crippen molar-refractivity contribution in [2.24, 2.45) is 5.92 Å². The summed E-state index contributed by atoms with van der Waals surface area (Å²) in [5.74, 6) is 1.35. The lowest BCUT2D eigenvalue weighted by Crippen LogP contribution is -2.36. The van der Waals surface area contributed by atoms with Crippen LogP contribution in [0.1, 0.15) is 46.1 Å². The van der Waals surface area contributed by atoms with Gasteiger partial charge >= 0.3 is 0 Å². The van der Waals surface area contributed by atoms with Gasteiger partial charge in [-0.3, -0.25) is 0 Å². The zero-order valence-electron chi connectivity index (χ0n) is 12.0. The van der Waals surface area contributed by atoms with Gasteiger partial charge in [0.05, 0.1) is 0 Å². The zero-order valence-corrected chi connectivity index (χ0v) is 12.0. The van der Waals surface area contributed by atoms with Gasteiger partial charge in [-0.05, 0) is 31.2 Å². The first-order valence-corrected chi connectivity index (χ1v) is 6.79. The minimum Gasteiger partial charge on any atom is -0.300 e. The van der Waals surface area contributed by atoms with Crippen molar-refractivity contribution < 1.29 is 0 Å². The van der Waals surface area contributed by atoms with Crippen LogP contribution in [-0.2, 0) is 0 Å². The van der Waals surface area contributed by atoms with Gasteiger partial charge in [-0.1, -0.05) is 51.1 Å². The average Bonchev–Trinajstić information content (AvgIpc) is 2.28. The Labute approximate surface area is 107 Å². The largest absolute Gasteiger partial charge is 0.300 e. The molecule has 96 valence electrons. The van der Waals surface area contributed by atoms with Crippen LogP contribution in [-0.4, -0.2) is 24.0 Å². The van der Waals surface area contributed by atoms with E-state index >= 15 is 0 Å². The molecule has 1 aromatic rings. The smallest absolute Gasteiger partial charge is 0.00504 e. The molecule has 0 fully saturated rings. The van der Waals surface area contributed by atoms with Crippen molar-refractivity contribution in [1.29, 1.82) is 0 Å². The van der Waals surface area contributed by atoms with Gasteiger partial charge in [0.25, 0.3) is 0 Å². The number of hydrogen-bond acceptors (Lipinski definition) is 1. The summed E-state index contributed by atoms with van der Waals surface area (Å²) in [6, 6.07) is 11.5. The van der Waals surface area contributed by atoms with Crippen molar-refractivity contribution >= 4 is 0 Å². The Morgan fingerprint density at radius 1 is 0.882 bits per heavy atom. The van der Waals surface area contributed by atoms with Crippen molar-refractivity contribution in [2.45, 2.75) is 46.6 Å². The van der Waals surface area contributed by atoms with Crippen LogP contribution in [0, 0.1) is 5.92 Å². The molecule has 1 heteroatoms. The van der Waals surface area contributed by atoms with E-state index in [1.54, 1.807) is 0 Å². The van der Waals surface area contributed by atoms with Gasteiger partial charge in [0.2, 0.25) is 0 Å². The maximum Gasteiger partial charge on any atom is 0.00504 e. The fraction of sp³-hybridized carbons (Fsp3) is 0.625. The van der Waals surface area contributed by atoms with Crippen molar-refractivity contribution in [3.05, 3.63) is 35.9 Å². The average molecular weight is 233 g/mol. The van der Waals surface area contributed by atoms with E-state index in [0.717, 1.165) is 12.5 Å². The van der Waals surface area contributed by atoms with E-state index in [-0.39, 0.29) is 0 Å². The minimum absolute atomic E-state index is 0.609.